The highest BCUT2D eigenvalue weighted by molar-refractivity contribution is 5.92. The van der Waals surface area contributed by atoms with E-state index < -0.39 is 4.92 Å². The molecule has 1 amide bonds. The Bertz CT molecular complexity index is 824. The van der Waals surface area contributed by atoms with Crippen LogP contribution in [0.4, 0.5) is 11.6 Å². The van der Waals surface area contributed by atoms with Gasteiger partial charge in [-0.3, -0.25) is 20.2 Å². The van der Waals surface area contributed by atoms with Crippen molar-refractivity contribution in [1.82, 2.24) is 9.97 Å². The number of para-hydroxylation sites is 3. The van der Waals surface area contributed by atoms with Crippen molar-refractivity contribution in [3.05, 3.63) is 64.2 Å². The van der Waals surface area contributed by atoms with Gasteiger partial charge in [0.25, 0.3) is 5.69 Å². The van der Waals surface area contributed by atoms with E-state index in [9.17, 15) is 14.9 Å². The van der Waals surface area contributed by atoms with Gasteiger partial charge in [0.1, 0.15) is 0 Å². The van der Waals surface area contributed by atoms with Gasteiger partial charge in [0, 0.05) is 11.6 Å². The van der Waals surface area contributed by atoms with Crippen LogP contribution in [0.15, 0.2) is 48.5 Å². The van der Waals surface area contributed by atoms with E-state index in [4.69, 9.17) is 0 Å². The molecular formula is C15H12N4O3. The highest BCUT2D eigenvalue weighted by Gasteiger charge is 2.16. The van der Waals surface area contributed by atoms with E-state index in [1.54, 1.807) is 18.2 Å². The molecule has 0 aliphatic heterocycles. The average Bonchev–Trinajstić information content (AvgIpc) is 2.89. The summed E-state index contributed by atoms with van der Waals surface area (Å²) in [5, 5.41) is 13.6. The first-order valence-electron chi connectivity index (χ1n) is 6.60. The predicted molar refractivity (Wildman–Crippen MR) is 81.5 cm³/mol. The fourth-order valence-corrected chi connectivity index (χ4v) is 2.20. The zero-order valence-electron chi connectivity index (χ0n) is 11.4. The van der Waals surface area contributed by atoms with Crippen molar-refractivity contribution in [3.8, 4) is 0 Å². The monoisotopic (exact) mass is 296 g/mol. The number of carbonyl (C=O) groups excluding carboxylic acids is 1. The van der Waals surface area contributed by atoms with Crippen molar-refractivity contribution < 1.29 is 9.72 Å². The number of anilines is 1. The maximum Gasteiger partial charge on any atom is 0.273 e. The van der Waals surface area contributed by atoms with Crippen LogP contribution in [0.5, 0.6) is 0 Å². The molecule has 3 rings (SSSR count). The molecule has 0 atom stereocenters. The van der Waals surface area contributed by atoms with Gasteiger partial charge in [-0.1, -0.05) is 30.3 Å². The molecule has 0 unspecified atom stereocenters. The molecule has 2 N–H and O–H groups in total. The van der Waals surface area contributed by atoms with Crippen LogP contribution in [0.3, 0.4) is 0 Å². The number of imidazole rings is 1. The number of nitrogens with zero attached hydrogens (tertiary/aromatic N) is 2. The molecule has 1 aromatic heterocycles. The van der Waals surface area contributed by atoms with E-state index in [1.165, 1.54) is 6.07 Å². The Labute approximate surface area is 125 Å². The fourth-order valence-electron chi connectivity index (χ4n) is 2.20. The van der Waals surface area contributed by atoms with Crippen LogP contribution >= 0.6 is 0 Å². The third-order valence-electron chi connectivity index (χ3n) is 3.19. The first-order valence-corrected chi connectivity index (χ1v) is 6.60. The predicted octanol–water partition coefficient (Wildman–Crippen LogP) is 2.65. The number of aromatic nitrogens is 2. The molecule has 0 saturated heterocycles. The van der Waals surface area contributed by atoms with E-state index >= 15 is 0 Å². The number of fused-ring (bicyclic) bond motifs is 1. The van der Waals surface area contributed by atoms with E-state index in [2.05, 4.69) is 15.3 Å². The third kappa shape index (κ3) is 2.78. The largest absolute Gasteiger partial charge is 0.324 e. The van der Waals surface area contributed by atoms with E-state index in [0.29, 0.717) is 11.5 Å². The van der Waals surface area contributed by atoms with Crippen LogP contribution < -0.4 is 5.32 Å². The van der Waals surface area contributed by atoms with Gasteiger partial charge in [-0.25, -0.2) is 4.98 Å². The summed E-state index contributed by atoms with van der Waals surface area (Å²) in [5.41, 5.74) is 1.84. The van der Waals surface area contributed by atoms with Crippen LogP contribution in [0, 0.1) is 10.1 Å². The number of nitro benzene ring substituents is 1. The minimum Gasteiger partial charge on any atom is -0.324 e. The van der Waals surface area contributed by atoms with Crippen LogP contribution in [0.1, 0.15) is 5.56 Å². The van der Waals surface area contributed by atoms with Crippen molar-refractivity contribution in [2.75, 3.05) is 5.32 Å². The summed E-state index contributed by atoms with van der Waals surface area (Å²) in [7, 11) is 0. The van der Waals surface area contributed by atoms with E-state index in [1.807, 2.05) is 24.3 Å². The zero-order valence-corrected chi connectivity index (χ0v) is 11.4. The number of hydrogen-bond donors (Lipinski definition) is 2. The first-order chi connectivity index (χ1) is 10.6. The van der Waals surface area contributed by atoms with E-state index in [0.717, 1.165) is 11.0 Å². The lowest BCUT2D eigenvalue weighted by Crippen LogP contribution is -2.16. The van der Waals surface area contributed by atoms with Gasteiger partial charge in [0.05, 0.1) is 22.4 Å². The van der Waals surface area contributed by atoms with Gasteiger partial charge >= 0.3 is 0 Å². The molecule has 110 valence electrons. The smallest absolute Gasteiger partial charge is 0.273 e. The number of benzene rings is 2. The Hall–Kier alpha value is -3.22. The number of aromatic amines is 1. The quantitative estimate of drug-likeness (QED) is 0.570. The maximum atomic E-state index is 12.0. The molecular weight excluding hydrogens is 284 g/mol. The van der Waals surface area contributed by atoms with Crippen LogP contribution in [0.25, 0.3) is 11.0 Å². The van der Waals surface area contributed by atoms with Gasteiger partial charge < -0.3 is 4.98 Å². The molecule has 7 heteroatoms. The number of H-pyrrole nitrogens is 1. The molecule has 0 saturated carbocycles. The van der Waals surface area contributed by atoms with Gasteiger partial charge in [-0.05, 0) is 12.1 Å². The molecule has 22 heavy (non-hydrogen) atoms. The number of nitro groups is 1. The Morgan fingerprint density at radius 3 is 2.68 bits per heavy atom. The summed E-state index contributed by atoms with van der Waals surface area (Å²) < 4.78 is 0. The van der Waals surface area contributed by atoms with Gasteiger partial charge in [0.2, 0.25) is 11.9 Å². The molecule has 3 aromatic rings. The summed E-state index contributed by atoms with van der Waals surface area (Å²) in [6.07, 6.45) is -0.0891. The molecule has 0 radical (unpaired) electrons. The Balaban J connectivity index is 1.76. The Morgan fingerprint density at radius 2 is 1.91 bits per heavy atom. The second kappa shape index (κ2) is 5.65. The molecule has 1 heterocycles. The van der Waals surface area contributed by atoms with E-state index in [-0.39, 0.29) is 18.0 Å². The topological polar surface area (TPSA) is 101 Å². The summed E-state index contributed by atoms with van der Waals surface area (Å²) >= 11 is 0. The Morgan fingerprint density at radius 1 is 1.18 bits per heavy atom. The number of nitrogens with one attached hydrogen (secondary N) is 2. The highest BCUT2D eigenvalue weighted by atomic mass is 16.6. The van der Waals surface area contributed by atoms with Crippen LogP contribution in [-0.2, 0) is 11.2 Å². The second-order valence-electron chi connectivity index (χ2n) is 4.71. The highest BCUT2D eigenvalue weighted by Crippen LogP contribution is 2.19. The second-order valence-corrected chi connectivity index (χ2v) is 4.71. The van der Waals surface area contributed by atoms with Crippen LogP contribution in [0.2, 0.25) is 0 Å². The number of amides is 1. The van der Waals surface area contributed by atoms with Crippen LogP contribution in [-0.4, -0.2) is 20.8 Å². The van der Waals surface area contributed by atoms with Crippen molar-refractivity contribution in [3.63, 3.8) is 0 Å². The molecule has 0 bridgehead atoms. The summed E-state index contributed by atoms with van der Waals surface area (Å²) in [6.45, 7) is 0. The lowest BCUT2D eigenvalue weighted by atomic mass is 10.1. The molecule has 7 nitrogen and oxygen atoms in total. The lowest BCUT2D eigenvalue weighted by molar-refractivity contribution is -0.385. The molecule has 0 aliphatic carbocycles. The minimum atomic E-state index is -0.496. The molecule has 0 spiro atoms. The first kappa shape index (κ1) is 13.7. The average molecular weight is 296 g/mol. The number of hydrogen-bond acceptors (Lipinski definition) is 4. The lowest BCUT2D eigenvalue weighted by Gasteiger charge is -2.03. The number of carbonyl (C=O) groups is 1. The summed E-state index contributed by atoms with van der Waals surface area (Å²) in [5.74, 6) is -0.0434. The normalized spacial score (nSPS) is 10.5. The van der Waals surface area contributed by atoms with Crippen molar-refractivity contribution in [1.29, 1.82) is 0 Å². The van der Waals surface area contributed by atoms with Gasteiger partial charge in [-0.2, -0.15) is 0 Å². The Kier molecular flexibility index (Phi) is 3.53. The maximum absolute atomic E-state index is 12.0. The SMILES string of the molecule is O=C(Cc1ccccc1[N+](=O)[O-])Nc1nc2ccccc2[nH]1. The fraction of sp³-hybridized carbons (Fsp3) is 0.0667. The standard InChI is InChI=1S/C15H12N4O3/c20-14(9-10-5-1-4-8-13(10)19(21)22)18-15-16-11-6-2-3-7-12(11)17-15/h1-8H,9H2,(H2,16,17,18,20). The molecule has 0 fully saturated rings. The third-order valence-corrected chi connectivity index (χ3v) is 3.19. The van der Waals surface area contributed by atoms with Crippen molar-refractivity contribution in [2.24, 2.45) is 0 Å². The van der Waals surface area contributed by atoms with Gasteiger partial charge in [0.15, 0.2) is 0 Å². The molecule has 2 aromatic carbocycles. The van der Waals surface area contributed by atoms with Crippen molar-refractivity contribution >= 4 is 28.6 Å². The minimum absolute atomic E-state index is 0.0674. The summed E-state index contributed by atoms with van der Waals surface area (Å²) in [4.78, 5) is 29.7. The molecule has 0 aliphatic rings. The summed E-state index contributed by atoms with van der Waals surface area (Å²) in [6, 6.07) is 13.6. The zero-order chi connectivity index (χ0) is 15.5. The van der Waals surface area contributed by atoms with Gasteiger partial charge in [-0.15, -0.1) is 0 Å². The number of rotatable bonds is 4. The van der Waals surface area contributed by atoms with Crippen molar-refractivity contribution in [2.45, 2.75) is 6.42 Å².